The second-order valence-electron chi connectivity index (χ2n) is 5.52. The molecule has 0 saturated carbocycles. The molecule has 0 amide bonds. The van der Waals surface area contributed by atoms with E-state index in [1.807, 2.05) is 24.3 Å². The van der Waals surface area contributed by atoms with Crippen LogP contribution in [0.15, 0.2) is 50.6 Å². The minimum absolute atomic E-state index is 0.00590. The molecule has 1 saturated heterocycles. The molecule has 1 rings (SSSR count). The average Bonchev–Trinajstić information content (AvgIpc) is 2.37. The average molecular weight is 260 g/mol. The highest BCUT2D eigenvalue weighted by Crippen LogP contribution is 2.48. The van der Waals surface area contributed by atoms with Gasteiger partial charge in [0.25, 0.3) is 0 Å². The van der Waals surface area contributed by atoms with Crippen molar-refractivity contribution < 1.29 is 0 Å². The normalized spacial score (nSPS) is 26.6. The lowest BCUT2D eigenvalue weighted by atomic mass is 9.63. The van der Waals surface area contributed by atoms with Gasteiger partial charge in [0, 0.05) is 18.5 Å². The minimum Gasteiger partial charge on any atom is -0.312 e. The van der Waals surface area contributed by atoms with Gasteiger partial charge in [-0.2, -0.15) is 0 Å². The third kappa shape index (κ3) is 2.90. The Morgan fingerprint density at radius 1 is 0.947 bits per heavy atom. The van der Waals surface area contributed by atoms with Crippen molar-refractivity contribution in [1.82, 2.24) is 4.90 Å². The molecule has 106 valence electrons. The van der Waals surface area contributed by atoms with E-state index in [0.29, 0.717) is 0 Å². The Kier molecular flexibility index (Phi) is 5.77. The van der Waals surface area contributed by atoms with Crippen molar-refractivity contribution in [2.45, 2.75) is 37.8 Å². The van der Waals surface area contributed by atoms with Gasteiger partial charge in [0.1, 0.15) is 0 Å². The van der Waals surface area contributed by atoms with Crippen molar-refractivity contribution in [3.8, 4) is 0 Å². The number of likely N-dealkylation sites (tertiary alicyclic amines) is 1. The molecular formula is C17H28N2. The first kappa shape index (κ1) is 15.9. The van der Waals surface area contributed by atoms with E-state index in [1.165, 1.54) is 0 Å². The zero-order valence-corrected chi connectivity index (χ0v) is 12.1. The first-order valence-electron chi connectivity index (χ1n) is 7.07. The summed E-state index contributed by atoms with van der Waals surface area (Å²) in [7, 11) is 0. The van der Waals surface area contributed by atoms with E-state index in [4.69, 9.17) is 5.73 Å². The molecule has 1 atom stereocenters. The topological polar surface area (TPSA) is 29.3 Å². The van der Waals surface area contributed by atoms with Gasteiger partial charge in [-0.1, -0.05) is 24.3 Å². The van der Waals surface area contributed by atoms with Crippen LogP contribution in [0.1, 0.15) is 32.1 Å². The van der Waals surface area contributed by atoms with Gasteiger partial charge in [0.2, 0.25) is 0 Å². The van der Waals surface area contributed by atoms with E-state index in [9.17, 15) is 0 Å². The van der Waals surface area contributed by atoms with E-state index in [2.05, 4.69) is 31.2 Å². The van der Waals surface area contributed by atoms with E-state index in [-0.39, 0.29) is 11.1 Å². The molecule has 19 heavy (non-hydrogen) atoms. The summed E-state index contributed by atoms with van der Waals surface area (Å²) in [5, 5.41) is 0. The number of piperidine rings is 1. The highest BCUT2D eigenvalue weighted by molar-refractivity contribution is 5.11. The summed E-state index contributed by atoms with van der Waals surface area (Å²) < 4.78 is 0. The number of nitrogens with zero attached hydrogens (tertiary/aromatic N) is 1. The monoisotopic (exact) mass is 260 g/mol. The van der Waals surface area contributed by atoms with Gasteiger partial charge in [-0.15, -0.1) is 26.3 Å². The predicted octanol–water partition coefficient (Wildman–Crippen LogP) is 3.64. The minimum atomic E-state index is -0.385. The maximum Gasteiger partial charge on any atom is 0.0788 e. The van der Waals surface area contributed by atoms with E-state index < -0.39 is 0 Å². The van der Waals surface area contributed by atoms with Gasteiger partial charge in [-0.3, -0.25) is 4.90 Å². The molecule has 0 aromatic heterocycles. The third-order valence-corrected chi connectivity index (χ3v) is 4.44. The molecule has 1 aliphatic rings. The molecule has 1 aliphatic heterocycles. The van der Waals surface area contributed by atoms with Crippen molar-refractivity contribution in [3.05, 3.63) is 50.6 Å². The Morgan fingerprint density at radius 2 is 1.53 bits per heavy atom. The second kappa shape index (κ2) is 6.88. The molecular weight excluding hydrogens is 232 g/mol. The molecule has 2 N–H and O–H groups in total. The first-order chi connectivity index (χ1) is 9.10. The molecule has 0 spiro atoms. The van der Waals surface area contributed by atoms with Crippen LogP contribution in [0, 0.1) is 5.41 Å². The number of hydrogen-bond acceptors (Lipinski definition) is 2. The van der Waals surface area contributed by atoms with Crippen LogP contribution in [-0.2, 0) is 0 Å². The highest BCUT2D eigenvalue weighted by atomic mass is 15.3. The lowest BCUT2D eigenvalue weighted by Crippen LogP contribution is -2.68. The van der Waals surface area contributed by atoms with Crippen LogP contribution in [0.4, 0.5) is 0 Å². The standard InChI is InChI=1S/C17H28N2/c1-5-10-16(11-6-2)13-9-15-19(14-8-4)17(16,18)12-7-3/h5-8H,1-4,9-15,18H2. The zero-order valence-electron chi connectivity index (χ0n) is 12.1. The molecule has 2 nitrogen and oxygen atoms in total. The van der Waals surface area contributed by atoms with Crippen LogP contribution in [-0.4, -0.2) is 23.7 Å². The largest absolute Gasteiger partial charge is 0.312 e. The summed E-state index contributed by atoms with van der Waals surface area (Å²) in [5.74, 6) is 0. The SMILES string of the molecule is C=CCN1CCCC(CC=C)(CC=C)C1(N)CC=C. The summed E-state index contributed by atoms with van der Waals surface area (Å²) >= 11 is 0. The molecule has 1 heterocycles. The molecule has 0 aromatic carbocycles. The molecule has 2 heteroatoms. The Morgan fingerprint density at radius 3 is 2.00 bits per heavy atom. The summed E-state index contributed by atoms with van der Waals surface area (Å²) in [4.78, 5) is 2.35. The van der Waals surface area contributed by atoms with Crippen molar-refractivity contribution >= 4 is 0 Å². The van der Waals surface area contributed by atoms with Gasteiger partial charge < -0.3 is 5.73 Å². The van der Waals surface area contributed by atoms with Crippen molar-refractivity contribution in [3.63, 3.8) is 0 Å². The van der Waals surface area contributed by atoms with Gasteiger partial charge in [-0.25, -0.2) is 0 Å². The predicted molar refractivity (Wildman–Crippen MR) is 84.8 cm³/mol. The van der Waals surface area contributed by atoms with Crippen LogP contribution in [0.5, 0.6) is 0 Å². The second-order valence-corrected chi connectivity index (χ2v) is 5.52. The maximum atomic E-state index is 6.86. The van der Waals surface area contributed by atoms with Crippen molar-refractivity contribution in [1.29, 1.82) is 0 Å². The summed E-state index contributed by atoms with van der Waals surface area (Å²) in [6.07, 6.45) is 12.7. The Balaban J connectivity index is 3.21. The fourth-order valence-corrected chi connectivity index (χ4v) is 3.53. The number of allylic oxidation sites excluding steroid dienone is 2. The maximum absolute atomic E-state index is 6.86. The van der Waals surface area contributed by atoms with Crippen LogP contribution in [0.2, 0.25) is 0 Å². The van der Waals surface area contributed by atoms with Gasteiger partial charge in [-0.05, 0) is 32.1 Å². The lowest BCUT2D eigenvalue weighted by Gasteiger charge is -2.57. The number of hydrogen-bond donors (Lipinski definition) is 1. The van der Waals surface area contributed by atoms with Crippen molar-refractivity contribution in [2.24, 2.45) is 11.1 Å². The number of rotatable bonds is 8. The lowest BCUT2D eigenvalue weighted by molar-refractivity contribution is -0.0629. The van der Waals surface area contributed by atoms with Crippen LogP contribution >= 0.6 is 0 Å². The van der Waals surface area contributed by atoms with E-state index in [0.717, 1.165) is 45.2 Å². The molecule has 1 fully saturated rings. The van der Waals surface area contributed by atoms with E-state index >= 15 is 0 Å². The molecule has 0 aliphatic carbocycles. The van der Waals surface area contributed by atoms with Crippen LogP contribution in [0.3, 0.4) is 0 Å². The fraction of sp³-hybridized carbons (Fsp3) is 0.529. The summed E-state index contributed by atoms with van der Waals surface area (Å²) in [6, 6.07) is 0. The molecule has 0 bridgehead atoms. The molecule has 0 aromatic rings. The Hall–Kier alpha value is -1.12. The third-order valence-electron chi connectivity index (χ3n) is 4.44. The molecule has 1 unspecified atom stereocenters. The fourth-order valence-electron chi connectivity index (χ4n) is 3.53. The molecule has 0 radical (unpaired) electrons. The highest BCUT2D eigenvalue weighted by Gasteiger charge is 2.51. The Bertz CT molecular complexity index is 335. The summed E-state index contributed by atoms with van der Waals surface area (Å²) in [5.41, 5.74) is 6.48. The Labute approximate surface area is 118 Å². The van der Waals surface area contributed by atoms with E-state index in [1.54, 1.807) is 0 Å². The van der Waals surface area contributed by atoms with Crippen molar-refractivity contribution in [2.75, 3.05) is 13.1 Å². The van der Waals surface area contributed by atoms with Gasteiger partial charge >= 0.3 is 0 Å². The zero-order chi connectivity index (χ0) is 14.4. The van der Waals surface area contributed by atoms with Gasteiger partial charge in [0.15, 0.2) is 0 Å². The number of nitrogens with two attached hydrogens (primary N) is 1. The van der Waals surface area contributed by atoms with Gasteiger partial charge in [0.05, 0.1) is 5.66 Å². The van der Waals surface area contributed by atoms with Crippen LogP contribution < -0.4 is 5.73 Å². The summed E-state index contributed by atoms with van der Waals surface area (Å²) in [6.45, 7) is 17.4. The first-order valence-corrected chi connectivity index (χ1v) is 7.07. The smallest absolute Gasteiger partial charge is 0.0788 e. The van der Waals surface area contributed by atoms with Crippen LogP contribution in [0.25, 0.3) is 0 Å². The quantitative estimate of drug-likeness (QED) is 0.675.